The molecule has 1 N–H and O–H groups in total. The van der Waals surface area contributed by atoms with Crippen LogP contribution >= 0.6 is 0 Å². The van der Waals surface area contributed by atoms with Crippen LogP contribution in [0, 0.1) is 5.92 Å². The third-order valence-corrected chi connectivity index (χ3v) is 4.85. The van der Waals surface area contributed by atoms with Crippen LogP contribution in [0.3, 0.4) is 0 Å². The Labute approximate surface area is 154 Å². The number of ether oxygens (including phenoxy) is 1. The van der Waals surface area contributed by atoms with Gasteiger partial charge in [0.2, 0.25) is 0 Å². The number of piperidine rings is 1. The average molecular weight is 354 g/mol. The summed E-state index contributed by atoms with van der Waals surface area (Å²) >= 11 is 0. The molecule has 0 saturated carbocycles. The quantitative estimate of drug-likeness (QED) is 0.864. The van der Waals surface area contributed by atoms with Crippen LogP contribution in [-0.2, 0) is 6.42 Å². The molecule has 1 aromatic carbocycles. The molecular weight excluding hydrogens is 328 g/mol. The summed E-state index contributed by atoms with van der Waals surface area (Å²) in [5, 5.41) is 11.2. The Morgan fingerprint density at radius 1 is 1.15 bits per heavy atom. The number of carbonyl (C=O) groups is 1. The van der Waals surface area contributed by atoms with Crippen LogP contribution in [0.2, 0.25) is 0 Å². The second-order valence-corrected chi connectivity index (χ2v) is 6.80. The first kappa shape index (κ1) is 18.2. The number of nitrogens with zero attached hydrogens (tertiary/aromatic N) is 3. The maximum Gasteiger partial charge on any atom is 0.271 e. The number of hydrogen-bond acceptors (Lipinski definition) is 5. The molecule has 0 spiro atoms. The minimum atomic E-state index is -0.190. The molecule has 2 aromatic rings. The van der Waals surface area contributed by atoms with Crippen molar-refractivity contribution in [3.63, 3.8) is 0 Å². The van der Waals surface area contributed by atoms with Crippen molar-refractivity contribution >= 4 is 11.7 Å². The fourth-order valence-corrected chi connectivity index (χ4v) is 3.06. The zero-order valence-electron chi connectivity index (χ0n) is 15.4. The van der Waals surface area contributed by atoms with Crippen molar-refractivity contribution < 1.29 is 9.53 Å². The van der Waals surface area contributed by atoms with Gasteiger partial charge in [0.1, 0.15) is 5.75 Å². The van der Waals surface area contributed by atoms with Crippen LogP contribution < -0.4 is 15.0 Å². The van der Waals surface area contributed by atoms with Crippen LogP contribution in [0.4, 0.5) is 5.82 Å². The molecule has 138 valence electrons. The van der Waals surface area contributed by atoms with Gasteiger partial charge in [0, 0.05) is 19.6 Å². The fraction of sp³-hybridized carbons (Fsp3) is 0.450. The molecule has 0 unspecified atom stereocenters. The number of benzene rings is 1. The summed E-state index contributed by atoms with van der Waals surface area (Å²) in [6.07, 6.45) is 3.11. The van der Waals surface area contributed by atoms with Gasteiger partial charge in [-0.3, -0.25) is 4.79 Å². The summed E-state index contributed by atoms with van der Waals surface area (Å²) in [7, 11) is 1.65. The summed E-state index contributed by atoms with van der Waals surface area (Å²) in [4.78, 5) is 14.5. The maximum absolute atomic E-state index is 12.2. The Morgan fingerprint density at radius 2 is 1.88 bits per heavy atom. The highest BCUT2D eigenvalue weighted by molar-refractivity contribution is 5.92. The van der Waals surface area contributed by atoms with Crippen LogP contribution in [0.15, 0.2) is 36.4 Å². The summed E-state index contributed by atoms with van der Waals surface area (Å²) in [6.45, 7) is 4.84. The highest BCUT2D eigenvalue weighted by atomic mass is 16.5. The van der Waals surface area contributed by atoms with Gasteiger partial charge in [0.25, 0.3) is 5.91 Å². The van der Waals surface area contributed by atoms with E-state index in [1.165, 1.54) is 12.8 Å². The van der Waals surface area contributed by atoms with Crippen LogP contribution in [0.25, 0.3) is 0 Å². The van der Waals surface area contributed by atoms with E-state index >= 15 is 0 Å². The van der Waals surface area contributed by atoms with Crippen molar-refractivity contribution in [2.75, 3.05) is 31.6 Å². The highest BCUT2D eigenvalue weighted by Crippen LogP contribution is 2.20. The molecule has 1 saturated heterocycles. The Hall–Kier alpha value is -2.63. The van der Waals surface area contributed by atoms with E-state index < -0.39 is 0 Å². The minimum absolute atomic E-state index is 0.190. The van der Waals surface area contributed by atoms with Gasteiger partial charge < -0.3 is 15.0 Å². The zero-order valence-corrected chi connectivity index (χ0v) is 15.4. The van der Waals surface area contributed by atoms with Crippen molar-refractivity contribution in [3.8, 4) is 5.75 Å². The predicted octanol–water partition coefficient (Wildman–Crippen LogP) is 2.69. The van der Waals surface area contributed by atoms with Gasteiger partial charge in [-0.15, -0.1) is 10.2 Å². The standard InChI is InChI=1S/C20H26N4O2/c1-15-10-13-24(14-11-15)19-8-7-18(22-23-19)20(25)21-12-9-16-3-5-17(26-2)6-4-16/h3-8,15H,9-14H2,1-2H3,(H,21,25). The second kappa shape index (κ2) is 8.65. The number of hydrogen-bond donors (Lipinski definition) is 1. The Balaban J connectivity index is 1.48. The Morgan fingerprint density at radius 3 is 2.50 bits per heavy atom. The SMILES string of the molecule is COc1ccc(CCNC(=O)c2ccc(N3CCC(C)CC3)nn2)cc1. The number of nitrogens with one attached hydrogen (secondary N) is 1. The predicted molar refractivity (Wildman–Crippen MR) is 102 cm³/mol. The molecule has 0 radical (unpaired) electrons. The molecule has 1 aromatic heterocycles. The molecule has 0 bridgehead atoms. The molecule has 2 heterocycles. The van der Waals surface area contributed by atoms with Gasteiger partial charge in [-0.2, -0.15) is 0 Å². The van der Waals surface area contributed by atoms with Crippen molar-refractivity contribution in [2.45, 2.75) is 26.2 Å². The lowest BCUT2D eigenvalue weighted by molar-refractivity contribution is 0.0948. The van der Waals surface area contributed by atoms with Crippen molar-refractivity contribution in [1.29, 1.82) is 0 Å². The number of rotatable bonds is 6. The second-order valence-electron chi connectivity index (χ2n) is 6.80. The maximum atomic E-state index is 12.2. The van der Waals surface area contributed by atoms with Crippen molar-refractivity contribution in [1.82, 2.24) is 15.5 Å². The molecule has 0 atom stereocenters. The van der Waals surface area contributed by atoms with E-state index in [2.05, 4.69) is 27.3 Å². The van der Waals surface area contributed by atoms with Crippen LogP contribution in [-0.4, -0.2) is 42.8 Å². The third kappa shape index (κ3) is 4.71. The molecule has 6 heteroatoms. The van der Waals surface area contributed by atoms with E-state index in [-0.39, 0.29) is 5.91 Å². The molecule has 6 nitrogen and oxygen atoms in total. The van der Waals surface area contributed by atoms with E-state index in [1.807, 2.05) is 30.3 Å². The third-order valence-electron chi connectivity index (χ3n) is 4.85. The van der Waals surface area contributed by atoms with Gasteiger partial charge in [-0.05, 0) is 55.0 Å². The average Bonchev–Trinajstić information content (AvgIpc) is 2.69. The van der Waals surface area contributed by atoms with Gasteiger partial charge in [-0.1, -0.05) is 19.1 Å². The molecule has 0 aliphatic carbocycles. The molecule has 1 aliphatic heterocycles. The summed E-state index contributed by atoms with van der Waals surface area (Å²) in [6, 6.07) is 11.5. The van der Waals surface area contributed by atoms with Crippen molar-refractivity contribution in [3.05, 3.63) is 47.7 Å². The van der Waals surface area contributed by atoms with E-state index in [4.69, 9.17) is 4.74 Å². The number of methoxy groups -OCH3 is 1. The van der Waals surface area contributed by atoms with Crippen LogP contribution in [0.5, 0.6) is 5.75 Å². The number of aromatic nitrogens is 2. The molecule has 26 heavy (non-hydrogen) atoms. The van der Waals surface area contributed by atoms with Crippen molar-refractivity contribution in [2.24, 2.45) is 5.92 Å². The van der Waals surface area contributed by atoms with Gasteiger partial charge in [0.15, 0.2) is 11.5 Å². The van der Waals surface area contributed by atoms with Gasteiger partial charge in [0.05, 0.1) is 7.11 Å². The monoisotopic (exact) mass is 354 g/mol. The summed E-state index contributed by atoms with van der Waals surface area (Å²) < 4.78 is 5.14. The van der Waals surface area contributed by atoms with E-state index in [0.29, 0.717) is 12.2 Å². The topological polar surface area (TPSA) is 67.3 Å². The number of carbonyl (C=O) groups excluding carboxylic acids is 1. The van der Waals surface area contributed by atoms with E-state index in [9.17, 15) is 4.79 Å². The summed E-state index contributed by atoms with van der Waals surface area (Å²) in [5.41, 5.74) is 1.50. The molecular formula is C20H26N4O2. The first-order chi connectivity index (χ1) is 12.7. The lowest BCUT2D eigenvalue weighted by Crippen LogP contribution is -2.34. The van der Waals surface area contributed by atoms with Crippen LogP contribution in [0.1, 0.15) is 35.8 Å². The summed E-state index contributed by atoms with van der Waals surface area (Å²) in [5.74, 6) is 2.27. The largest absolute Gasteiger partial charge is 0.497 e. The highest BCUT2D eigenvalue weighted by Gasteiger charge is 2.17. The first-order valence-corrected chi connectivity index (χ1v) is 9.15. The Kier molecular flexibility index (Phi) is 6.04. The number of amides is 1. The van der Waals surface area contributed by atoms with Gasteiger partial charge in [-0.25, -0.2) is 0 Å². The lowest BCUT2D eigenvalue weighted by Gasteiger charge is -2.30. The first-order valence-electron chi connectivity index (χ1n) is 9.15. The lowest BCUT2D eigenvalue weighted by atomic mass is 9.99. The molecule has 3 rings (SSSR count). The van der Waals surface area contributed by atoms with E-state index in [1.54, 1.807) is 13.2 Å². The smallest absolute Gasteiger partial charge is 0.271 e. The number of anilines is 1. The normalized spacial score (nSPS) is 14.9. The van der Waals surface area contributed by atoms with Gasteiger partial charge >= 0.3 is 0 Å². The Bertz CT molecular complexity index is 708. The fourth-order valence-electron chi connectivity index (χ4n) is 3.06. The molecule has 1 aliphatic rings. The minimum Gasteiger partial charge on any atom is -0.497 e. The zero-order chi connectivity index (χ0) is 18.4. The molecule has 1 fully saturated rings. The molecule has 1 amide bonds. The van der Waals surface area contributed by atoms with E-state index in [0.717, 1.165) is 42.6 Å².